The molecule has 180 valence electrons. The molecule has 5 rings (SSSR count). The molecule has 0 saturated carbocycles. The number of nitrogens with zero attached hydrogens (tertiary/aromatic N) is 4. The molecule has 2 amide bonds. The number of aromatic nitrogens is 3. The van der Waals surface area contributed by atoms with Gasteiger partial charge >= 0.3 is 0 Å². The molecule has 3 heterocycles. The van der Waals surface area contributed by atoms with Crippen molar-refractivity contribution in [3.63, 3.8) is 0 Å². The number of hydrogen-bond acceptors (Lipinski definition) is 5. The Morgan fingerprint density at radius 2 is 1.77 bits per heavy atom. The zero-order valence-corrected chi connectivity index (χ0v) is 20.5. The van der Waals surface area contributed by atoms with E-state index in [2.05, 4.69) is 14.8 Å². The fourth-order valence-corrected chi connectivity index (χ4v) is 4.82. The summed E-state index contributed by atoms with van der Waals surface area (Å²) in [5, 5.41) is 9.10. The van der Waals surface area contributed by atoms with Crippen LogP contribution in [-0.2, 0) is 22.7 Å². The zero-order valence-electron chi connectivity index (χ0n) is 20.5. The second-order valence-electron chi connectivity index (χ2n) is 8.99. The van der Waals surface area contributed by atoms with Gasteiger partial charge in [0.05, 0.1) is 23.8 Å². The standard InChI is InChI=1S/C27H29N5O3/c1-5-31-16-20(19-15-17(35-4)11-12-21(19)31)23-24(27(34)28-26(23)33)25-18-9-6-7-10-22(18)32(29-25)14-8-13-30(2)3/h6-7,9-12,15-16H,5,8,13-14H2,1-4H3,(H,28,33,34). The Labute approximate surface area is 203 Å². The topological polar surface area (TPSA) is 81.4 Å². The summed E-state index contributed by atoms with van der Waals surface area (Å²) in [6.45, 7) is 4.41. The van der Waals surface area contributed by atoms with Crippen LogP contribution in [0.3, 0.4) is 0 Å². The van der Waals surface area contributed by atoms with E-state index in [0.717, 1.165) is 41.3 Å². The van der Waals surface area contributed by atoms with Gasteiger partial charge in [-0.15, -0.1) is 0 Å². The number of rotatable bonds is 8. The number of para-hydroxylation sites is 1. The molecule has 0 spiro atoms. The van der Waals surface area contributed by atoms with Crippen LogP contribution < -0.4 is 10.1 Å². The van der Waals surface area contributed by atoms with E-state index in [9.17, 15) is 9.59 Å². The molecule has 0 atom stereocenters. The average molecular weight is 472 g/mol. The van der Waals surface area contributed by atoms with Crippen molar-refractivity contribution in [2.45, 2.75) is 26.4 Å². The lowest BCUT2D eigenvalue weighted by Gasteiger charge is -2.09. The third kappa shape index (κ3) is 3.89. The maximum absolute atomic E-state index is 13.2. The van der Waals surface area contributed by atoms with Gasteiger partial charge in [-0.1, -0.05) is 18.2 Å². The SMILES string of the molecule is CCn1cc(C2=C(c3nn(CCCN(C)C)c4ccccc34)C(=O)NC2=O)c2cc(OC)ccc21. The van der Waals surface area contributed by atoms with Crippen molar-refractivity contribution >= 4 is 44.8 Å². The average Bonchev–Trinajstić information content (AvgIpc) is 3.48. The fraction of sp³-hybridized carbons (Fsp3) is 0.296. The molecule has 1 aliphatic heterocycles. The summed E-state index contributed by atoms with van der Waals surface area (Å²) < 4.78 is 9.46. The van der Waals surface area contributed by atoms with E-state index < -0.39 is 11.8 Å². The fourth-order valence-electron chi connectivity index (χ4n) is 4.82. The minimum absolute atomic E-state index is 0.315. The molecule has 1 aliphatic rings. The first-order chi connectivity index (χ1) is 16.9. The second-order valence-corrected chi connectivity index (χ2v) is 8.99. The molecule has 0 aliphatic carbocycles. The molecule has 0 saturated heterocycles. The number of hydrogen-bond donors (Lipinski definition) is 1. The molecule has 4 aromatic rings. The van der Waals surface area contributed by atoms with Gasteiger partial charge in [0.2, 0.25) is 0 Å². The van der Waals surface area contributed by atoms with Gasteiger partial charge in [0, 0.05) is 41.1 Å². The summed E-state index contributed by atoms with van der Waals surface area (Å²) in [7, 11) is 5.70. The number of amides is 2. The van der Waals surface area contributed by atoms with Crippen LogP contribution in [0.1, 0.15) is 24.6 Å². The van der Waals surface area contributed by atoms with Gasteiger partial charge in [0.25, 0.3) is 11.8 Å². The Hall–Kier alpha value is -3.91. The number of imide groups is 1. The molecular formula is C27H29N5O3. The predicted octanol–water partition coefficient (Wildman–Crippen LogP) is 3.54. The van der Waals surface area contributed by atoms with Crippen molar-refractivity contribution < 1.29 is 14.3 Å². The molecule has 2 aromatic carbocycles. The van der Waals surface area contributed by atoms with E-state index in [0.29, 0.717) is 34.7 Å². The van der Waals surface area contributed by atoms with Crippen LogP contribution in [0.2, 0.25) is 0 Å². The number of methoxy groups -OCH3 is 1. The van der Waals surface area contributed by atoms with Crippen LogP contribution >= 0.6 is 0 Å². The van der Waals surface area contributed by atoms with E-state index in [-0.39, 0.29) is 0 Å². The number of carbonyl (C=O) groups excluding carboxylic acids is 2. The summed E-state index contributed by atoms with van der Waals surface area (Å²) in [6, 6.07) is 13.6. The second kappa shape index (κ2) is 9.03. The molecular weight excluding hydrogens is 442 g/mol. The first-order valence-electron chi connectivity index (χ1n) is 11.8. The smallest absolute Gasteiger partial charge is 0.261 e. The highest BCUT2D eigenvalue weighted by atomic mass is 16.5. The Bertz CT molecular complexity index is 1490. The molecule has 8 heteroatoms. The van der Waals surface area contributed by atoms with Crippen molar-refractivity contribution in [1.82, 2.24) is 24.6 Å². The Morgan fingerprint density at radius 1 is 1.00 bits per heavy atom. The van der Waals surface area contributed by atoms with E-state index in [1.807, 2.05) is 74.4 Å². The largest absolute Gasteiger partial charge is 0.497 e. The summed E-state index contributed by atoms with van der Waals surface area (Å²) in [5.41, 5.74) is 3.81. The van der Waals surface area contributed by atoms with Gasteiger partial charge < -0.3 is 14.2 Å². The lowest BCUT2D eigenvalue weighted by molar-refractivity contribution is -0.122. The van der Waals surface area contributed by atoms with Crippen molar-refractivity contribution in [3.8, 4) is 5.75 Å². The molecule has 8 nitrogen and oxygen atoms in total. The van der Waals surface area contributed by atoms with Crippen molar-refractivity contribution in [1.29, 1.82) is 0 Å². The third-order valence-electron chi connectivity index (χ3n) is 6.50. The van der Waals surface area contributed by atoms with E-state index >= 15 is 0 Å². The zero-order chi connectivity index (χ0) is 24.7. The van der Waals surface area contributed by atoms with Gasteiger partial charge in [0.15, 0.2) is 0 Å². The minimum Gasteiger partial charge on any atom is -0.497 e. The first-order valence-corrected chi connectivity index (χ1v) is 11.8. The van der Waals surface area contributed by atoms with Crippen molar-refractivity contribution in [3.05, 3.63) is 59.9 Å². The lowest BCUT2D eigenvalue weighted by atomic mass is 9.97. The molecule has 0 radical (unpaired) electrons. The summed E-state index contributed by atoms with van der Waals surface area (Å²) in [5.74, 6) is -0.140. The number of nitrogens with one attached hydrogen (secondary N) is 1. The number of benzene rings is 2. The lowest BCUT2D eigenvalue weighted by Crippen LogP contribution is -2.22. The monoisotopic (exact) mass is 471 g/mol. The number of ether oxygens (including phenoxy) is 1. The quantitative estimate of drug-likeness (QED) is 0.398. The van der Waals surface area contributed by atoms with Crippen molar-refractivity contribution in [2.75, 3.05) is 27.7 Å². The highest BCUT2D eigenvalue weighted by Crippen LogP contribution is 2.38. The van der Waals surface area contributed by atoms with E-state index in [1.54, 1.807) is 7.11 Å². The van der Waals surface area contributed by atoms with Crippen LogP contribution in [0.15, 0.2) is 48.7 Å². The number of fused-ring (bicyclic) bond motifs is 2. The highest BCUT2D eigenvalue weighted by molar-refractivity contribution is 6.50. The number of carbonyl (C=O) groups is 2. The normalized spacial score (nSPS) is 14.1. The van der Waals surface area contributed by atoms with Crippen LogP contribution in [0.25, 0.3) is 33.0 Å². The van der Waals surface area contributed by atoms with E-state index in [1.165, 1.54) is 0 Å². The molecule has 0 bridgehead atoms. The number of aryl methyl sites for hydroxylation is 2. The van der Waals surface area contributed by atoms with Gasteiger partial charge in [-0.05, 0) is 58.3 Å². The maximum atomic E-state index is 13.2. The minimum atomic E-state index is -0.422. The van der Waals surface area contributed by atoms with Gasteiger partial charge in [-0.3, -0.25) is 19.6 Å². The Kier molecular flexibility index (Phi) is 5.90. The summed E-state index contributed by atoms with van der Waals surface area (Å²) in [6.07, 6.45) is 2.85. The summed E-state index contributed by atoms with van der Waals surface area (Å²) in [4.78, 5) is 28.5. The predicted molar refractivity (Wildman–Crippen MR) is 137 cm³/mol. The Balaban J connectivity index is 1.74. The first kappa shape index (κ1) is 22.9. The Morgan fingerprint density at radius 3 is 2.51 bits per heavy atom. The molecule has 1 N–H and O–H groups in total. The van der Waals surface area contributed by atoms with Crippen LogP contribution in [0.5, 0.6) is 5.75 Å². The maximum Gasteiger partial charge on any atom is 0.261 e. The van der Waals surface area contributed by atoms with Crippen LogP contribution in [0, 0.1) is 0 Å². The summed E-state index contributed by atoms with van der Waals surface area (Å²) >= 11 is 0. The van der Waals surface area contributed by atoms with E-state index in [4.69, 9.17) is 9.84 Å². The molecule has 35 heavy (non-hydrogen) atoms. The van der Waals surface area contributed by atoms with Gasteiger partial charge in [-0.2, -0.15) is 5.10 Å². The van der Waals surface area contributed by atoms with Crippen LogP contribution in [0.4, 0.5) is 0 Å². The highest BCUT2D eigenvalue weighted by Gasteiger charge is 2.36. The molecule has 0 fully saturated rings. The molecule has 0 unspecified atom stereocenters. The van der Waals surface area contributed by atoms with Crippen LogP contribution in [-0.4, -0.2) is 58.8 Å². The van der Waals surface area contributed by atoms with Gasteiger partial charge in [0.1, 0.15) is 11.4 Å². The third-order valence-corrected chi connectivity index (χ3v) is 6.50. The van der Waals surface area contributed by atoms with Crippen molar-refractivity contribution in [2.24, 2.45) is 0 Å². The molecule has 2 aromatic heterocycles. The van der Waals surface area contributed by atoms with Gasteiger partial charge in [-0.25, -0.2) is 0 Å².